The fraction of sp³-hybridized carbons (Fsp3) is 0.467. The fourth-order valence-corrected chi connectivity index (χ4v) is 1.79. The average Bonchev–Trinajstić information content (AvgIpc) is 2.37. The first-order chi connectivity index (χ1) is 8.76. The lowest BCUT2D eigenvalue weighted by Gasteiger charge is -2.15. The van der Waals surface area contributed by atoms with E-state index in [9.17, 15) is 0 Å². The predicted molar refractivity (Wildman–Crippen MR) is 75.1 cm³/mol. The van der Waals surface area contributed by atoms with Crippen molar-refractivity contribution in [1.82, 2.24) is 5.43 Å². The molecule has 3 nitrogen and oxygen atoms in total. The summed E-state index contributed by atoms with van der Waals surface area (Å²) in [6.07, 6.45) is 8.89. The number of terminal acetylenes is 1. The van der Waals surface area contributed by atoms with Gasteiger partial charge in [0.15, 0.2) is 0 Å². The van der Waals surface area contributed by atoms with Gasteiger partial charge in [0.2, 0.25) is 0 Å². The van der Waals surface area contributed by atoms with Gasteiger partial charge >= 0.3 is 0 Å². The molecule has 1 unspecified atom stereocenters. The van der Waals surface area contributed by atoms with Crippen LogP contribution in [0.4, 0.5) is 0 Å². The Hall–Kier alpha value is -1.50. The molecule has 0 aliphatic carbocycles. The van der Waals surface area contributed by atoms with Crippen molar-refractivity contribution >= 4 is 0 Å². The molecule has 0 aliphatic heterocycles. The first-order valence-corrected chi connectivity index (χ1v) is 6.35. The molecule has 1 atom stereocenters. The number of hydrogen-bond donors (Lipinski definition) is 2. The largest absolute Gasteiger partial charge is 0.494 e. The molecule has 0 saturated carbocycles. The summed E-state index contributed by atoms with van der Waals surface area (Å²) in [7, 11) is 0. The van der Waals surface area contributed by atoms with Gasteiger partial charge in [0, 0.05) is 12.5 Å². The van der Waals surface area contributed by atoms with Crippen molar-refractivity contribution in [1.29, 1.82) is 0 Å². The van der Waals surface area contributed by atoms with Crippen LogP contribution < -0.4 is 16.0 Å². The lowest BCUT2D eigenvalue weighted by molar-refractivity contribution is 0.280. The molecule has 0 amide bonds. The zero-order valence-corrected chi connectivity index (χ0v) is 11.0. The first kappa shape index (κ1) is 14.6. The van der Waals surface area contributed by atoms with Gasteiger partial charge in [-0.1, -0.05) is 12.1 Å². The minimum atomic E-state index is 0.267. The van der Waals surface area contributed by atoms with E-state index in [-0.39, 0.29) is 6.04 Å². The molecule has 0 bridgehead atoms. The average molecular weight is 246 g/mol. The lowest BCUT2D eigenvalue weighted by atomic mass is 10.1. The van der Waals surface area contributed by atoms with Crippen molar-refractivity contribution < 1.29 is 4.74 Å². The number of unbranched alkanes of at least 4 members (excludes halogenated alkanes) is 1. The van der Waals surface area contributed by atoms with Crippen molar-refractivity contribution in [2.24, 2.45) is 5.84 Å². The summed E-state index contributed by atoms with van der Waals surface area (Å²) in [5.74, 6) is 9.05. The Morgan fingerprint density at radius 3 is 2.94 bits per heavy atom. The molecule has 0 fully saturated rings. The van der Waals surface area contributed by atoms with Gasteiger partial charge in [0.1, 0.15) is 5.75 Å². The molecule has 1 aromatic carbocycles. The van der Waals surface area contributed by atoms with Gasteiger partial charge in [0.05, 0.1) is 6.61 Å². The van der Waals surface area contributed by atoms with Crippen LogP contribution in [-0.4, -0.2) is 12.6 Å². The normalized spacial score (nSPS) is 11.8. The van der Waals surface area contributed by atoms with Gasteiger partial charge in [-0.2, -0.15) is 0 Å². The summed E-state index contributed by atoms with van der Waals surface area (Å²) in [5.41, 5.74) is 4.01. The molecule has 0 aromatic heterocycles. The number of benzene rings is 1. The summed E-state index contributed by atoms with van der Waals surface area (Å²) < 4.78 is 5.69. The van der Waals surface area contributed by atoms with E-state index in [0.717, 1.165) is 31.4 Å². The quantitative estimate of drug-likeness (QED) is 0.320. The minimum Gasteiger partial charge on any atom is -0.494 e. The Kier molecular flexibility index (Phi) is 6.93. The number of nitrogens with two attached hydrogens (primary N) is 1. The molecule has 0 saturated heterocycles. The molecule has 0 spiro atoms. The maximum atomic E-state index is 5.69. The summed E-state index contributed by atoms with van der Waals surface area (Å²) in [4.78, 5) is 0. The Bertz CT molecular complexity index is 384. The molecule has 0 heterocycles. The third-order valence-corrected chi connectivity index (χ3v) is 2.83. The number of aryl methyl sites for hydroxylation is 1. The predicted octanol–water partition coefficient (Wildman–Crippen LogP) is 2.40. The van der Waals surface area contributed by atoms with Crippen molar-refractivity contribution in [3.63, 3.8) is 0 Å². The Morgan fingerprint density at radius 2 is 2.28 bits per heavy atom. The van der Waals surface area contributed by atoms with Crippen molar-refractivity contribution in [3.05, 3.63) is 29.8 Å². The van der Waals surface area contributed by atoms with E-state index in [1.54, 1.807) is 0 Å². The van der Waals surface area contributed by atoms with Gasteiger partial charge in [0.25, 0.3) is 0 Å². The van der Waals surface area contributed by atoms with Gasteiger partial charge in [-0.25, -0.2) is 0 Å². The Labute approximate surface area is 110 Å². The highest BCUT2D eigenvalue weighted by atomic mass is 16.5. The summed E-state index contributed by atoms with van der Waals surface area (Å²) in [6.45, 7) is 2.71. The van der Waals surface area contributed by atoms with E-state index in [1.165, 1.54) is 5.56 Å². The van der Waals surface area contributed by atoms with E-state index in [2.05, 4.69) is 24.3 Å². The zero-order valence-electron chi connectivity index (χ0n) is 11.0. The Balaban J connectivity index is 2.25. The number of hydrazine groups is 1. The van der Waals surface area contributed by atoms with Crippen LogP contribution >= 0.6 is 0 Å². The standard InChI is InChI=1S/C15H22N2O/c1-3-4-5-8-14(17-16)10-11-18-15-9-6-7-13(2)12-15/h1,6-7,9,12,14,17H,4-5,8,10-11,16H2,2H3. The SMILES string of the molecule is C#CCCCC(CCOc1cccc(C)c1)NN. The van der Waals surface area contributed by atoms with Crippen LogP contribution in [-0.2, 0) is 0 Å². The number of ether oxygens (including phenoxy) is 1. The summed E-state index contributed by atoms with van der Waals surface area (Å²) >= 11 is 0. The highest BCUT2D eigenvalue weighted by Crippen LogP contribution is 2.13. The first-order valence-electron chi connectivity index (χ1n) is 6.35. The van der Waals surface area contributed by atoms with E-state index in [4.69, 9.17) is 17.0 Å². The molecular formula is C15H22N2O. The van der Waals surface area contributed by atoms with Crippen LogP contribution in [0.2, 0.25) is 0 Å². The lowest BCUT2D eigenvalue weighted by Crippen LogP contribution is -2.36. The van der Waals surface area contributed by atoms with E-state index >= 15 is 0 Å². The smallest absolute Gasteiger partial charge is 0.119 e. The monoisotopic (exact) mass is 246 g/mol. The highest BCUT2D eigenvalue weighted by Gasteiger charge is 2.06. The highest BCUT2D eigenvalue weighted by molar-refractivity contribution is 5.27. The molecule has 1 aromatic rings. The van der Waals surface area contributed by atoms with E-state index in [0.29, 0.717) is 6.61 Å². The van der Waals surface area contributed by atoms with Gasteiger partial charge < -0.3 is 4.74 Å². The fourth-order valence-electron chi connectivity index (χ4n) is 1.79. The molecule has 18 heavy (non-hydrogen) atoms. The second-order valence-corrected chi connectivity index (χ2v) is 4.41. The molecule has 3 N–H and O–H groups in total. The van der Waals surface area contributed by atoms with Crippen molar-refractivity contribution in [3.8, 4) is 18.1 Å². The van der Waals surface area contributed by atoms with E-state index in [1.807, 2.05) is 18.2 Å². The van der Waals surface area contributed by atoms with Gasteiger partial charge in [-0.05, 0) is 43.9 Å². The molecule has 1 rings (SSSR count). The van der Waals surface area contributed by atoms with Gasteiger partial charge in [-0.15, -0.1) is 12.3 Å². The summed E-state index contributed by atoms with van der Waals surface area (Å²) in [5, 5.41) is 0. The van der Waals surface area contributed by atoms with E-state index < -0.39 is 0 Å². The van der Waals surface area contributed by atoms with Crippen LogP contribution in [0.5, 0.6) is 5.75 Å². The van der Waals surface area contributed by atoms with Crippen molar-refractivity contribution in [2.75, 3.05) is 6.61 Å². The second-order valence-electron chi connectivity index (χ2n) is 4.41. The molecule has 3 heteroatoms. The second kappa shape index (κ2) is 8.57. The Morgan fingerprint density at radius 1 is 1.44 bits per heavy atom. The zero-order chi connectivity index (χ0) is 13.2. The topological polar surface area (TPSA) is 47.3 Å². The summed E-state index contributed by atoms with van der Waals surface area (Å²) in [6, 6.07) is 8.32. The van der Waals surface area contributed by atoms with Crippen LogP contribution in [0.3, 0.4) is 0 Å². The van der Waals surface area contributed by atoms with Crippen LogP contribution in [0.15, 0.2) is 24.3 Å². The van der Waals surface area contributed by atoms with Crippen molar-refractivity contribution in [2.45, 2.75) is 38.6 Å². The third kappa shape index (κ3) is 5.72. The van der Waals surface area contributed by atoms with Crippen LogP contribution in [0.25, 0.3) is 0 Å². The third-order valence-electron chi connectivity index (χ3n) is 2.83. The van der Waals surface area contributed by atoms with Gasteiger partial charge in [-0.3, -0.25) is 11.3 Å². The minimum absolute atomic E-state index is 0.267. The number of rotatable bonds is 8. The maximum Gasteiger partial charge on any atom is 0.119 e. The molecule has 98 valence electrons. The van der Waals surface area contributed by atoms with Crippen LogP contribution in [0.1, 0.15) is 31.2 Å². The molecular weight excluding hydrogens is 224 g/mol. The van der Waals surface area contributed by atoms with Crippen LogP contribution in [0, 0.1) is 19.3 Å². The maximum absolute atomic E-state index is 5.69. The number of hydrogen-bond acceptors (Lipinski definition) is 3. The molecule has 0 aliphatic rings. The number of nitrogens with one attached hydrogen (secondary N) is 1. The molecule has 0 radical (unpaired) electrons.